The molecule has 0 unspecified atom stereocenters. The molecular formula is C16H19N3OS. The molecule has 0 saturated heterocycles. The van der Waals surface area contributed by atoms with Crippen molar-refractivity contribution in [3.05, 3.63) is 10.8 Å². The number of hydrogen-bond acceptors (Lipinski definition) is 5. The van der Waals surface area contributed by atoms with Crippen molar-refractivity contribution in [3.8, 4) is 5.88 Å². The second-order valence-electron chi connectivity index (χ2n) is 7.47. The molecule has 0 amide bonds. The lowest BCUT2D eigenvalue weighted by Crippen LogP contribution is -2.48. The molecule has 4 bridgehead atoms. The van der Waals surface area contributed by atoms with Gasteiger partial charge in [-0.15, -0.1) is 0 Å². The van der Waals surface area contributed by atoms with Crippen LogP contribution >= 0.6 is 11.3 Å². The number of thiazole rings is 1. The van der Waals surface area contributed by atoms with Crippen LogP contribution in [-0.4, -0.2) is 20.1 Å². The number of aromatic nitrogens is 3. The molecule has 4 aliphatic rings. The Bertz CT molecular complexity index is 703. The number of nitrogens with zero attached hydrogens (tertiary/aromatic N) is 3. The van der Waals surface area contributed by atoms with Crippen LogP contribution in [-0.2, 0) is 5.41 Å². The van der Waals surface area contributed by atoms with Gasteiger partial charge in [-0.1, -0.05) is 11.3 Å². The van der Waals surface area contributed by atoms with Crippen LogP contribution in [0.15, 0.2) is 0 Å². The van der Waals surface area contributed by atoms with Crippen molar-refractivity contribution in [3.63, 3.8) is 0 Å². The quantitative estimate of drug-likeness (QED) is 0.875. The zero-order chi connectivity index (χ0) is 14.2. The van der Waals surface area contributed by atoms with E-state index in [1.54, 1.807) is 11.3 Å². The highest BCUT2D eigenvalue weighted by Crippen LogP contribution is 2.61. The predicted octanol–water partition coefficient (Wildman–Crippen LogP) is 3.57. The highest BCUT2D eigenvalue weighted by Gasteiger charge is 2.53. The first-order valence-corrected chi connectivity index (χ1v) is 8.77. The normalized spacial score (nSPS) is 37.5. The average molecular weight is 301 g/mol. The zero-order valence-electron chi connectivity index (χ0n) is 12.2. The summed E-state index contributed by atoms with van der Waals surface area (Å²) in [7, 11) is 0. The standard InChI is InChI=1S/C16H19N3OS/c1-8-17-13(20)12-14(18-8)21-15(19-12)16-5-9-2-10(6-16)4-11(3-9)7-16/h9-11H,2-7H2,1H3,(H,17,18,20). The molecule has 0 spiro atoms. The Morgan fingerprint density at radius 2 is 1.62 bits per heavy atom. The second-order valence-corrected chi connectivity index (χ2v) is 8.44. The lowest BCUT2D eigenvalue weighted by molar-refractivity contribution is -0.00519. The second kappa shape index (κ2) is 3.94. The van der Waals surface area contributed by atoms with Crippen molar-refractivity contribution in [2.24, 2.45) is 17.8 Å². The summed E-state index contributed by atoms with van der Waals surface area (Å²) in [6, 6.07) is 0. The molecule has 0 aliphatic heterocycles. The van der Waals surface area contributed by atoms with Gasteiger partial charge in [-0.2, -0.15) is 4.98 Å². The molecule has 1 N–H and O–H groups in total. The Kier molecular flexibility index (Phi) is 2.31. The Balaban J connectivity index is 1.65. The minimum Gasteiger partial charge on any atom is -0.492 e. The first kappa shape index (κ1) is 12.3. The summed E-state index contributed by atoms with van der Waals surface area (Å²) >= 11 is 1.69. The summed E-state index contributed by atoms with van der Waals surface area (Å²) in [5, 5.41) is 11.3. The van der Waals surface area contributed by atoms with Crippen molar-refractivity contribution in [2.75, 3.05) is 0 Å². The van der Waals surface area contributed by atoms with Gasteiger partial charge in [-0.05, 0) is 63.2 Å². The van der Waals surface area contributed by atoms with Crippen LogP contribution in [0.1, 0.15) is 49.4 Å². The van der Waals surface area contributed by atoms with E-state index in [4.69, 9.17) is 4.98 Å². The summed E-state index contributed by atoms with van der Waals surface area (Å²) < 4.78 is 0. The highest BCUT2D eigenvalue weighted by atomic mass is 32.1. The molecule has 4 saturated carbocycles. The molecule has 4 nitrogen and oxygen atoms in total. The molecule has 110 valence electrons. The third kappa shape index (κ3) is 1.70. The van der Waals surface area contributed by atoms with Crippen LogP contribution in [0.4, 0.5) is 0 Å². The van der Waals surface area contributed by atoms with Crippen LogP contribution in [0.2, 0.25) is 0 Å². The summed E-state index contributed by atoms with van der Waals surface area (Å²) in [5.41, 5.74) is 0.886. The van der Waals surface area contributed by atoms with E-state index in [1.807, 2.05) is 6.92 Å². The minimum absolute atomic E-state index is 0.0460. The Morgan fingerprint density at radius 1 is 1.00 bits per heavy atom. The van der Waals surface area contributed by atoms with Crippen LogP contribution in [0.25, 0.3) is 10.3 Å². The maximum Gasteiger partial charge on any atom is 0.242 e. The number of aromatic hydroxyl groups is 1. The molecular weight excluding hydrogens is 282 g/mol. The van der Waals surface area contributed by atoms with E-state index in [1.165, 1.54) is 43.5 Å². The van der Waals surface area contributed by atoms with Crippen LogP contribution in [0.5, 0.6) is 5.88 Å². The van der Waals surface area contributed by atoms with Gasteiger partial charge in [0.1, 0.15) is 10.8 Å². The Labute approximate surface area is 127 Å². The van der Waals surface area contributed by atoms with E-state index in [9.17, 15) is 5.11 Å². The van der Waals surface area contributed by atoms with E-state index in [-0.39, 0.29) is 11.3 Å². The fraction of sp³-hybridized carbons (Fsp3) is 0.688. The smallest absolute Gasteiger partial charge is 0.242 e. The van der Waals surface area contributed by atoms with E-state index in [0.29, 0.717) is 11.3 Å². The Morgan fingerprint density at radius 3 is 2.24 bits per heavy atom. The molecule has 21 heavy (non-hydrogen) atoms. The van der Waals surface area contributed by atoms with Gasteiger partial charge in [0, 0.05) is 5.41 Å². The number of hydrogen-bond donors (Lipinski definition) is 1. The van der Waals surface area contributed by atoms with Crippen LogP contribution in [0.3, 0.4) is 0 Å². The maximum atomic E-state index is 10.0. The van der Waals surface area contributed by atoms with E-state index < -0.39 is 0 Å². The van der Waals surface area contributed by atoms with Crippen molar-refractivity contribution < 1.29 is 5.11 Å². The molecule has 0 radical (unpaired) electrons. The maximum absolute atomic E-state index is 10.0. The van der Waals surface area contributed by atoms with E-state index in [2.05, 4.69) is 9.97 Å². The van der Waals surface area contributed by atoms with Gasteiger partial charge < -0.3 is 5.11 Å². The van der Waals surface area contributed by atoms with E-state index >= 15 is 0 Å². The minimum atomic E-state index is 0.0460. The fourth-order valence-electron chi connectivity index (χ4n) is 5.51. The van der Waals surface area contributed by atoms with Crippen molar-refractivity contribution >= 4 is 21.7 Å². The van der Waals surface area contributed by atoms with Gasteiger partial charge in [0.25, 0.3) is 0 Å². The van der Waals surface area contributed by atoms with Gasteiger partial charge in [-0.3, -0.25) is 0 Å². The van der Waals surface area contributed by atoms with Gasteiger partial charge in [0.2, 0.25) is 5.88 Å². The number of rotatable bonds is 1. The van der Waals surface area contributed by atoms with Crippen molar-refractivity contribution in [1.29, 1.82) is 0 Å². The highest BCUT2D eigenvalue weighted by molar-refractivity contribution is 7.18. The first-order chi connectivity index (χ1) is 10.1. The molecule has 2 heterocycles. The van der Waals surface area contributed by atoms with Crippen LogP contribution < -0.4 is 0 Å². The predicted molar refractivity (Wildman–Crippen MR) is 81.5 cm³/mol. The molecule has 4 fully saturated rings. The zero-order valence-corrected chi connectivity index (χ0v) is 13.0. The average Bonchev–Trinajstić information content (AvgIpc) is 2.82. The SMILES string of the molecule is Cc1nc(O)c2nc(C34CC5CC(CC(C5)C3)C4)sc2n1. The molecule has 5 heteroatoms. The molecule has 4 aliphatic carbocycles. The molecule has 2 aromatic rings. The monoisotopic (exact) mass is 301 g/mol. The number of fused-ring (bicyclic) bond motifs is 1. The topological polar surface area (TPSA) is 58.9 Å². The van der Waals surface area contributed by atoms with E-state index in [0.717, 1.165) is 22.6 Å². The molecule has 0 aromatic carbocycles. The lowest BCUT2D eigenvalue weighted by atomic mass is 9.50. The van der Waals surface area contributed by atoms with Gasteiger partial charge in [0.05, 0.1) is 0 Å². The van der Waals surface area contributed by atoms with Crippen molar-refractivity contribution in [2.45, 2.75) is 50.9 Å². The fourth-order valence-corrected chi connectivity index (χ4v) is 6.71. The summed E-state index contributed by atoms with van der Waals surface area (Å²) in [4.78, 5) is 14.2. The first-order valence-electron chi connectivity index (χ1n) is 7.96. The number of aryl methyl sites for hydroxylation is 1. The third-order valence-corrected chi connectivity index (χ3v) is 7.04. The van der Waals surface area contributed by atoms with Crippen molar-refractivity contribution in [1.82, 2.24) is 15.0 Å². The van der Waals surface area contributed by atoms with Gasteiger partial charge >= 0.3 is 0 Å². The van der Waals surface area contributed by atoms with Crippen LogP contribution in [0, 0.1) is 24.7 Å². The third-order valence-electron chi connectivity index (χ3n) is 5.84. The summed E-state index contributed by atoms with van der Waals surface area (Å²) in [6.07, 6.45) is 8.21. The lowest BCUT2D eigenvalue weighted by Gasteiger charge is -2.56. The molecule has 2 aromatic heterocycles. The summed E-state index contributed by atoms with van der Waals surface area (Å²) in [6.45, 7) is 1.82. The largest absolute Gasteiger partial charge is 0.492 e. The van der Waals surface area contributed by atoms with Gasteiger partial charge in [-0.25, -0.2) is 9.97 Å². The van der Waals surface area contributed by atoms with Gasteiger partial charge in [0.15, 0.2) is 10.3 Å². The molecule has 6 rings (SSSR count). The molecule has 0 atom stereocenters. The summed E-state index contributed by atoms with van der Waals surface area (Å²) in [5.74, 6) is 3.39. The Hall–Kier alpha value is -1.23.